The minimum Gasteiger partial charge on any atom is -0.460 e. The number of esters is 1. The van der Waals surface area contributed by atoms with Gasteiger partial charge in [0.15, 0.2) is 0 Å². The lowest BCUT2D eigenvalue weighted by atomic mass is 9.79. The standard InChI is InChI=1S/C16H21BN2O4/c1-6-21-14(20)13-18-11-8-7-10(9-12(11)19-13)17-22-15(2,3)16(4,5)23-17/h7-9H,6H2,1-5H3,(H,18,19). The van der Waals surface area contributed by atoms with E-state index in [-0.39, 0.29) is 5.82 Å². The van der Waals surface area contributed by atoms with Crippen LogP contribution in [0, 0.1) is 0 Å². The average molecular weight is 316 g/mol. The van der Waals surface area contributed by atoms with E-state index in [2.05, 4.69) is 9.97 Å². The molecule has 0 aliphatic carbocycles. The largest absolute Gasteiger partial charge is 0.494 e. The number of fused-ring (bicyclic) bond motifs is 1. The summed E-state index contributed by atoms with van der Waals surface area (Å²) in [5.74, 6) is -0.256. The Balaban J connectivity index is 1.91. The Morgan fingerprint density at radius 1 is 1.26 bits per heavy atom. The molecule has 0 saturated carbocycles. The number of rotatable bonds is 3. The third-order valence-electron chi connectivity index (χ3n) is 4.50. The number of carbonyl (C=O) groups is 1. The van der Waals surface area contributed by atoms with Crippen molar-refractivity contribution in [2.45, 2.75) is 45.8 Å². The van der Waals surface area contributed by atoms with Gasteiger partial charge < -0.3 is 19.0 Å². The molecule has 1 aliphatic rings. The maximum Gasteiger partial charge on any atom is 0.494 e. The number of ether oxygens (including phenoxy) is 1. The molecule has 2 heterocycles. The minimum absolute atomic E-state index is 0.202. The van der Waals surface area contributed by atoms with E-state index in [1.807, 2.05) is 45.9 Å². The van der Waals surface area contributed by atoms with Gasteiger partial charge in [-0.3, -0.25) is 0 Å². The highest BCUT2D eigenvalue weighted by Gasteiger charge is 2.51. The van der Waals surface area contributed by atoms with Crippen LogP contribution >= 0.6 is 0 Å². The highest BCUT2D eigenvalue weighted by atomic mass is 16.7. The normalized spacial score (nSPS) is 19.3. The first kappa shape index (κ1) is 16.0. The smallest absolute Gasteiger partial charge is 0.460 e. The summed E-state index contributed by atoms with van der Waals surface area (Å²) in [6.45, 7) is 10.1. The number of carbonyl (C=O) groups excluding carboxylic acids is 1. The number of hydrogen-bond donors (Lipinski definition) is 1. The molecule has 122 valence electrons. The van der Waals surface area contributed by atoms with Crippen LogP contribution in [0.2, 0.25) is 0 Å². The molecule has 7 heteroatoms. The van der Waals surface area contributed by atoms with Crippen molar-refractivity contribution in [1.82, 2.24) is 9.97 Å². The molecule has 1 aromatic heterocycles. The van der Waals surface area contributed by atoms with Crippen LogP contribution in [-0.4, -0.2) is 40.9 Å². The lowest BCUT2D eigenvalue weighted by Crippen LogP contribution is -2.41. The SMILES string of the molecule is CCOC(=O)c1nc2ccc(B3OC(C)(C)C(C)(C)O3)cc2[nH]1. The Bertz CT molecular complexity index is 738. The first-order valence-electron chi connectivity index (χ1n) is 7.76. The molecule has 1 fully saturated rings. The lowest BCUT2D eigenvalue weighted by Gasteiger charge is -2.32. The summed E-state index contributed by atoms with van der Waals surface area (Å²) in [5.41, 5.74) is 1.55. The van der Waals surface area contributed by atoms with Gasteiger partial charge in [0.05, 0.1) is 28.8 Å². The van der Waals surface area contributed by atoms with Crippen LogP contribution in [0.25, 0.3) is 11.0 Å². The van der Waals surface area contributed by atoms with Gasteiger partial charge in [-0.1, -0.05) is 6.07 Å². The van der Waals surface area contributed by atoms with Gasteiger partial charge >= 0.3 is 13.1 Å². The Hall–Kier alpha value is -1.86. The molecule has 23 heavy (non-hydrogen) atoms. The number of aromatic amines is 1. The average Bonchev–Trinajstić information content (AvgIpc) is 2.97. The molecule has 1 saturated heterocycles. The Kier molecular flexibility index (Phi) is 3.73. The van der Waals surface area contributed by atoms with Crippen molar-refractivity contribution < 1.29 is 18.8 Å². The van der Waals surface area contributed by atoms with Crippen LogP contribution in [0.15, 0.2) is 18.2 Å². The number of hydrogen-bond acceptors (Lipinski definition) is 5. The summed E-state index contributed by atoms with van der Waals surface area (Å²) in [7, 11) is -0.446. The zero-order valence-electron chi connectivity index (χ0n) is 14.1. The predicted molar refractivity (Wildman–Crippen MR) is 87.8 cm³/mol. The number of benzene rings is 1. The maximum absolute atomic E-state index is 11.8. The molecular formula is C16H21BN2O4. The van der Waals surface area contributed by atoms with Crippen molar-refractivity contribution in [3.63, 3.8) is 0 Å². The molecular weight excluding hydrogens is 295 g/mol. The van der Waals surface area contributed by atoms with Gasteiger partial charge in [-0.15, -0.1) is 0 Å². The van der Waals surface area contributed by atoms with Gasteiger partial charge in [-0.2, -0.15) is 0 Å². The molecule has 0 spiro atoms. The second-order valence-electron chi connectivity index (χ2n) is 6.67. The summed E-state index contributed by atoms with van der Waals surface area (Å²) < 4.78 is 17.0. The molecule has 1 N–H and O–H groups in total. The quantitative estimate of drug-likeness (QED) is 0.693. The third kappa shape index (κ3) is 2.75. The Labute approximate surface area is 135 Å². The molecule has 0 unspecified atom stereocenters. The minimum atomic E-state index is -0.458. The summed E-state index contributed by atoms with van der Waals surface area (Å²) in [5, 5.41) is 0. The second-order valence-corrected chi connectivity index (χ2v) is 6.67. The number of H-pyrrole nitrogens is 1. The van der Waals surface area contributed by atoms with Crippen molar-refractivity contribution in [1.29, 1.82) is 0 Å². The van der Waals surface area contributed by atoms with Crippen molar-refractivity contribution >= 4 is 29.6 Å². The summed E-state index contributed by atoms with van der Waals surface area (Å²) in [6.07, 6.45) is 0. The van der Waals surface area contributed by atoms with Crippen LogP contribution in [0.4, 0.5) is 0 Å². The van der Waals surface area contributed by atoms with Gasteiger partial charge in [-0.25, -0.2) is 9.78 Å². The third-order valence-corrected chi connectivity index (χ3v) is 4.50. The number of nitrogens with zero attached hydrogens (tertiary/aromatic N) is 1. The van der Waals surface area contributed by atoms with Crippen molar-refractivity contribution in [2.24, 2.45) is 0 Å². The van der Waals surface area contributed by atoms with Crippen LogP contribution in [0.5, 0.6) is 0 Å². The maximum atomic E-state index is 11.8. The van der Waals surface area contributed by atoms with Crippen LogP contribution in [0.1, 0.15) is 45.2 Å². The summed E-state index contributed by atoms with van der Waals surface area (Å²) in [6, 6.07) is 5.64. The topological polar surface area (TPSA) is 73.4 Å². The fourth-order valence-corrected chi connectivity index (χ4v) is 2.45. The molecule has 0 radical (unpaired) electrons. The molecule has 3 rings (SSSR count). The highest BCUT2D eigenvalue weighted by Crippen LogP contribution is 2.36. The van der Waals surface area contributed by atoms with E-state index in [1.165, 1.54) is 0 Å². The number of nitrogens with one attached hydrogen (secondary N) is 1. The first-order valence-corrected chi connectivity index (χ1v) is 7.76. The van der Waals surface area contributed by atoms with Gasteiger partial charge in [-0.05, 0) is 52.2 Å². The van der Waals surface area contributed by atoms with Gasteiger partial charge in [0.2, 0.25) is 5.82 Å². The van der Waals surface area contributed by atoms with Crippen LogP contribution < -0.4 is 5.46 Å². The Morgan fingerprint density at radius 3 is 2.52 bits per heavy atom. The van der Waals surface area contributed by atoms with Crippen molar-refractivity contribution in [2.75, 3.05) is 6.61 Å². The zero-order valence-corrected chi connectivity index (χ0v) is 14.1. The molecule has 0 amide bonds. The van der Waals surface area contributed by atoms with E-state index in [0.29, 0.717) is 12.1 Å². The summed E-state index contributed by atoms with van der Waals surface area (Å²) in [4.78, 5) is 19.0. The van der Waals surface area contributed by atoms with E-state index in [4.69, 9.17) is 14.0 Å². The predicted octanol–water partition coefficient (Wildman–Crippen LogP) is 2.04. The molecule has 1 aromatic carbocycles. The summed E-state index contributed by atoms with van der Waals surface area (Å²) >= 11 is 0. The zero-order chi connectivity index (χ0) is 16.8. The fraction of sp³-hybridized carbons (Fsp3) is 0.500. The molecule has 0 atom stereocenters. The van der Waals surface area contributed by atoms with E-state index >= 15 is 0 Å². The Morgan fingerprint density at radius 2 is 1.91 bits per heavy atom. The van der Waals surface area contributed by atoms with E-state index < -0.39 is 24.3 Å². The van der Waals surface area contributed by atoms with E-state index in [9.17, 15) is 4.79 Å². The second kappa shape index (κ2) is 5.35. The molecule has 0 bridgehead atoms. The monoisotopic (exact) mass is 316 g/mol. The fourth-order valence-electron chi connectivity index (χ4n) is 2.45. The van der Waals surface area contributed by atoms with E-state index in [1.54, 1.807) is 6.92 Å². The number of imidazole rings is 1. The number of aromatic nitrogens is 2. The van der Waals surface area contributed by atoms with Crippen LogP contribution in [0.3, 0.4) is 0 Å². The molecule has 2 aromatic rings. The first-order chi connectivity index (χ1) is 10.7. The van der Waals surface area contributed by atoms with Gasteiger partial charge in [0.25, 0.3) is 0 Å². The van der Waals surface area contributed by atoms with Crippen molar-refractivity contribution in [3.8, 4) is 0 Å². The van der Waals surface area contributed by atoms with Crippen LogP contribution in [-0.2, 0) is 14.0 Å². The molecule has 1 aliphatic heterocycles. The van der Waals surface area contributed by atoms with Crippen molar-refractivity contribution in [3.05, 3.63) is 24.0 Å². The van der Waals surface area contributed by atoms with Gasteiger partial charge in [0, 0.05) is 0 Å². The lowest BCUT2D eigenvalue weighted by molar-refractivity contribution is 0.00578. The molecule has 6 nitrogen and oxygen atoms in total. The van der Waals surface area contributed by atoms with E-state index in [0.717, 1.165) is 11.0 Å². The van der Waals surface area contributed by atoms with Gasteiger partial charge in [0.1, 0.15) is 0 Å². The highest BCUT2D eigenvalue weighted by molar-refractivity contribution is 6.62.